The zero-order chi connectivity index (χ0) is 17.9. The summed E-state index contributed by atoms with van der Waals surface area (Å²) in [5.41, 5.74) is 0.798. The number of amides is 1. The van der Waals surface area contributed by atoms with E-state index in [4.69, 9.17) is 0 Å². The molecule has 1 aromatic heterocycles. The molecule has 0 unspecified atom stereocenters. The van der Waals surface area contributed by atoms with Crippen molar-refractivity contribution in [2.24, 2.45) is 0 Å². The van der Waals surface area contributed by atoms with E-state index in [1.54, 1.807) is 36.5 Å². The van der Waals surface area contributed by atoms with Crippen molar-refractivity contribution in [1.82, 2.24) is 14.8 Å². The van der Waals surface area contributed by atoms with Crippen molar-refractivity contribution in [2.75, 3.05) is 31.5 Å². The number of nitrogens with zero attached hydrogens (tertiary/aromatic N) is 3. The highest BCUT2D eigenvalue weighted by Crippen LogP contribution is 2.28. The minimum absolute atomic E-state index is 0.0467. The van der Waals surface area contributed by atoms with E-state index < -0.39 is 0 Å². The van der Waals surface area contributed by atoms with Gasteiger partial charge in [-0.15, -0.1) is 0 Å². The molecule has 1 amide bonds. The van der Waals surface area contributed by atoms with Gasteiger partial charge < -0.3 is 10.2 Å². The maximum atomic E-state index is 13.9. The summed E-state index contributed by atoms with van der Waals surface area (Å²) in [6.45, 7) is 3.45. The average Bonchev–Trinajstić information content (AvgIpc) is 3.50. The number of hydrogen-bond donors (Lipinski definition) is 1. The van der Waals surface area contributed by atoms with Crippen molar-refractivity contribution in [1.29, 1.82) is 0 Å². The van der Waals surface area contributed by atoms with E-state index in [0.29, 0.717) is 17.1 Å². The molecule has 136 valence electrons. The van der Waals surface area contributed by atoms with E-state index in [1.165, 1.54) is 18.9 Å². The second-order valence-corrected chi connectivity index (χ2v) is 6.92. The summed E-state index contributed by atoms with van der Waals surface area (Å²) in [5.74, 6) is -0.0214. The number of carbonyl (C=O) groups excluding carboxylic acids is 1. The Morgan fingerprint density at radius 3 is 2.73 bits per heavy atom. The molecule has 5 nitrogen and oxygen atoms in total. The summed E-state index contributed by atoms with van der Waals surface area (Å²) in [6, 6.07) is 10.6. The molecular weight excluding hydrogens is 331 g/mol. The summed E-state index contributed by atoms with van der Waals surface area (Å²) < 4.78 is 13.9. The van der Waals surface area contributed by atoms with E-state index in [9.17, 15) is 9.18 Å². The van der Waals surface area contributed by atoms with Crippen molar-refractivity contribution in [3.63, 3.8) is 0 Å². The van der Waals surface area contributed by atoms with Gasteiger partial charge in [-0.25, -0.2) is 9.37 Å². The van der Waals surface area contributed by atoms with Crippen LogP contribution < -0.4 is 5.32 Å². The number of pyridine rings is 1. The third-order valence-corrected chi connectivity index (χ3v) is 5.05. The van der Waals surface area contributed by atoms with Crippen LogP contribution in [0.15, 0.2) is 42.6 Å². The van der Waals surface area contributed by atoms with Crippen molar-refractivity contribution < 1.29 is 9.18 Å². The van der Waals surface area contributed by atoms with E-state index in [-0.39, 0.29) is 11.7 Å². The highest BCUT2D eigenvalue weighted by molar-refractivity contribution is 5.99. The number of hydrogen-bond acceptors (Lipinski definition) is 4. The molecule has 26 heavy (non-hydrogen) atoms. The molecule has 2 aliphatic rings. The first-order valence-corrected chi connectivity index (χ1v) is 9.22. The average molecular weight is 354 g/mol. The van der Waals surface area contributed by atoms with Crippen LogP contribution in [-0.4, -0.2) is 52.9 Å². The Kier molecular flexibility index (Phi) is 4.84. The van der Waals surface area contributed by atoms with Crippen molar-refractivity contribution >= 4 is 17.4 Å². The summed E-state index contributed by atoms with van der Waals surface area (Å²) >= 11 is 0. The van der Waals surface area contributed by atoms with Gasteiger partial charge in [0.1, 0.15) is 11.6 Å². The van der Waals surface area contributed by atoms with Crippen LogP contribution in [0.25, 0.3) is 0 Å². The Labute approximate surface area is 152 Å². The number of rotatable bonds is 4. The molecule has 1 saturated carbocycles. The van der Waals surface area contributed by atoms with Gasteiger partial charge in [-0.05, 0) is 43.5 Å². The first kappa shape index (κ1) is 17.0. The molecule has 0 radical (unpaired) electrons. The van der Waals surface area contributed by atoms with Gasteiger partial charge in [-0.1, -0.05) is 12.1 Å². The van der Waals surface area contributed by atoms with E-state index in [2.05, 4.69) is 15.2 Å². The molecule has 1 N–H and O–H groups in total. The molecule has 1 aliphatic heterocycles. The SMILES string of the molecule is O=C(c1cccnc1Nc1ccccc1F)N1CCCN(C2CC2)CC1. The van der Waals surface area contributed by atoms with Crippen molar-refractivity contribution in [2.45, 2.75) is 25.3 Å². The Morgan fingerprint density at radius 1 is 1.08 bits per heavy atom. The van der Waals surface area contributed by atoms with Gasteiger partial charge >= 0.3 is 0 Å². The predicted octanol–water partition coefficient (Wildman–Crippen LogP) is 3.27. The molecule has 4 rings (SSSR count). The lowest BCUT2D eigenvalue weighted by Gasteiger charge is -2.22. The summed E-state index contributed by atoms with van der Waals surface area (Å²) in [4.78, 5) is 21.7. The van der Waals surface area contributed by atoms with Crippen molar-refractivity contribution in [3.05, 3.63) is 54.0 Å². The zero-order valence-corrected chi connectivity index (χ0v) is 14.7. The van der Waals surface area contributed by atoms with E-state index >= 15 is 0 Å². The van der Waals surface area contributed by atoms with Gasteiger partial charge in [0.25, 0.3) is 5.91 Å². The largest absolute Gasteiger partial charge is 0.337 e. The summed E-state index contributed by atoms with van der Waals surface area (Å²) in [5, 5.41) is 2.97. The molecule has 1 saturated heterocycles. The zero-order valence-electron chi connectivity index (χ0n) is 14.7. The lowest BCUT2D eigenvalue weighted by atomic mass is 10.2. The van der Waals surface area contributed by atoms with Crippen LogP contribution in [0.1, 0.15) is 29.6 Å². The van der Waals surface area contributed by atoms with Crippen molar-refractivity contribution in [3.8, 4) is 0 Å². The molecule has 0 bridgehead atoms. The van der Waals surface area contributed by atoms with Gasteiger partial charge in [0, 0.05) is 38.4 Å². The highest BCUT2D eigenvalue weighted by Gasteiger charge is 2.31. The lowest BCUT2D eigenvalue weighted by Crippen LogP contribution is -2.36. The highest BCUT2D eigenvalue weighted by atomic mass is 19.1. The normalized spacial score (nSPS) is 18.4. The summed E-state index contributed by atoms with van der Waals surface area (Å²) in [7, 11) is 0. The van der Waals surface area contributed by atoms with Crippen LogP contribution in [-0.2, 0) is 0 Å². The molecule has 1 aromatic carbocycles. The Morgan fingerprint density at radius 2 is 1.92 bits per heavy atom. The molecule has 2 fully saturated rings. The second-order valence-electron chi connectivity index (χ2n) is 6.92. The van der Waals surface area contributed by atoms with Crippen LogP contribution in [0.2, 0.25) is 0 Å². The lowest BCUT2D eigenvalue weighted by molar-refractivity contribution is 0.0761. The quantitative estimate of drug-likeness (QED) is 0.915. The first-order valence-electron chi connectivity index (χ1n) is 9.22. The molecular formula is C20H23FN4O. The van der Waals surface area contributed by atoms with Gasteiger partial charge in [-0.2, -0.15) is 0 Å². The Bertz CT molecular complexity index is 793. The molecule has 1 aliphatic carbocycles. The standard InChI is InChI=1S/C20H23FN4O/c21-17-6-1-2-7-18(17)23-19-16(5-3-10-22-19)20(26)25-12-4-11-24(13-14-25)15-8-9-15/h1-3,5-7,10,15H,4,8-9,11-14H2,(H,22,23). The molecule has 2 aromatic rings. The predicted molar refractivity (Wildman–Crippen MR) is 99.0 cm³/mol. The molecule has 0 atom stereocenters. The topological polar surface area (TPSA) is 48.5 Å². The molecule has 2 heterocycles. The monoisotopic (exact) mass is 354 g/mol. The van der Waals surface area contributed by atoms with Crippen LogP contribution in [0, 0.1) is 5.82 Å². The molecule has 6 heteroatoms. The first-order chi connectivity index (χ1) is 12.7. The Balaban J connectivity index is 1.51. The fourth-order valence-corrected chi connectivity index (χ4v) is 3.48. The van der Waals surface area contributed by atoms with Crippen LogP contribution in [0.5, 0.6) is 0 Å². The maximum absolute atomic E-state index is 13.9. The minimum atomic E-state index is -0.369. The third kappa shape index (κ3) is 3.70. The number of aromatic nitrogens is 1. The fourth-order valence-electron chi connectivity index (χ4n) is 3.48. The smallest absolute Gasteiger partial charge is 0.257 e. The number of benzene rings is 1. The number of para-hydroxylation sites is 1. The van der Waals surface area contributed by atoms with Gasteiger partial charge in [0.15, 0.2) is 0 Å². The fraction of sp³-hybridized carbons (Fsp3) is 0.400. The van der Waals surface area contributed by atoms with Gasteiger partial charge in [0.05, 0.1) is 11.3 Å². The minimum Gasteiger partial charge on any atom is -0.337 e. The van der Waals surface area contributed by atoms with Crippen LogP contribution in [0.3, 0.4) is 0 Å². The van der Waals surface area contributed by atoms with E-state index in [0.717, 1.165) is 38.6 Å². The Hall–Kier alpha value is -2.47. The third-order valence-electron chi connectivity index (χ3n) is 5.05. The number of halogens is 1. The number of carbonyl (C=O) groups is 1. The summed E-state index contributed by atoms with van der Waals surface area (Å²) in [6.07, 6.45) is 5.16. The molecule has 0 spiro atoms. The maximum Gasteiger partial charge on any atom is 0.257 e. The number of anilines is 2. The van der Waals surface area contributed by atoms with Crippen LogP contribution >= 0.6 is 0 Å². The van der Waals surface area contributed by atoms with Gasteiger partial charge in [-0.3, -0.25) is 9.69 Å². The number of nitrogens with one attached hydrogen (secondary N) is 1. The van der Waals surface area contributed by atoms with E-state index in [1.807, 2.05) is 4.90 Å². The van der Waals surface area contributed by atoms with Gasteiger partial charge in [0.2, 0.25) is 0 Å². The van der Waals surface area contributed by atoms with Crippen LogP contribution in [0.4, 0.5) is 15.9 Å². The second kappa shape index (κ2) is 7.41.